The van der Waals surface area contributed by atoms with Gasteiger partial charge < -0.3 is 14.5 Å². The number of nitrogens with zero attached hydrogens (tertiary/aromatic N) is 3. The zero-order valence-corrected chi connectivity index (χ0v) is 19.2. The first-order valence-corrected chi connectivity index (χ1v) is 11.1. The molecule has 0 fully saturated rings. The minimum Gasteiger partial charge on any atom is -0.492 e. The quantitative estimate of drug-likeness (QED) is 0.173. The molecular weight excluding hydrogens is 479 g/mol. The SMILES string of the molecule is Cc1ccc([N+](=O)[O-])cc1NC(=O)CSc1nnc(CCCOc2ccc(Cl)cc2Cl)o1. The third kappa shape index (κ3) is 6.84. The number of thioether (sulfide) groups is 1. The van der Waals surface area contributed by atoms with Crippen LogP contribution in [0.5, 0.6) is 5.75 Å². The average Bonchev–Trinajstić information content (AvgIpc) is 3.20. The third-order valence-corrected chi connectivity index (χ3v) is 5.52. The van der Waals surface area contributed by atoms with E-state index in [1.807, 2.05) is 0 Å². The highest BCUT2D eigenvalue weighted by Crippen LogP contribution is 2.28. The van der Waals surface area contributed by atoms with Crippen molar-refractivity contribution in [2.45, 2.75) is 25.0 Å². The Morgan fingerprint density at radius 2 is 2.06 bits per heavy atom. The fourth-order valence-electron chi connectivity index (χ4n) is 2.57. The molecule has 0 saturated heterocycles. The Hall–Kier alpha value is -2.82. The Morgan fingerprint density at radius 1 is 1.25 bits per heavy atom. The first-order valence-electron chi connectivity index (χ1n) is 9.40. The number of nitro benzene ring substituents is 1. The number of rotatable bonds is 10. The Labute approximate surface area is 197 Å². The van der Waals surface area contributed by atoms with Crippen LogP contribution in [0.15, 0.2) is 46.0 Å². The van der Waals surface area contributed by atoms with Crippen molar-refractivity contribution in [2.75, 3.05) is 17.7 Å². The molecular formula is C20H18Cl2N4O5S. The van der Waals surface area contributed by atoms with Crippen LogP contribution < -0.4 is 10.1 Å². The maximum absolute atomic E-state index is 12.2. The highest BCUT2D eigenvalue weighted by Gasteiger charge is 2.13. The van der Waals surface area contributed by atoms with Crippen LogP contribution in [-0.2, 0) is 11.2 Å². The maximum Gasteiger partial charge on any atom is 0.277 e. The minimum atomic E-state index is -0.515. The summed E-state index contributed by atoms with van der Waals surface area (Å²) in [5.74, 6) is 0.643. The van der Waals surface area contributed by atoms with Crippen LogP contribution in [0.25, 0.3) is 0 Å². The topological polar surface area (TPSA) is 120 Å². The van der Waals surface area contributed by atoms with Crippen LogP contribution in [-0.4, -0.2) is 33.4 Å². The van der Waals surface area contributed by atoms with E-state index in [0.29, 0.717) is 46.8 Å². The second-order valence-corrected chi connectivity index (χ2v) is 8.35. The van der Waals surface area contributed by atoms with Crippen molar-refractivity contribution in [3.05, 3.63) is 68.0 Å². The molecule has 0 unspecified atom stereocenters. The van der Waals surface area contributed by atoms with Crippen molar-refractivity contribution in [3.63, 3.8) is 0 Å². The third-order valence-electron chi connectivity index (χ3n) is 4.17. The normalized spacial score (nSPS) is 10.7. The summed E-state index contributed by atoms with van der Waals surface area (Å²) in [7, 11) is 0. The lowest BCUT2D eigenvalue weighted by Crippen LogP contribution is -2.15. The molecule has 1 N–H and O–H groups in total. The van der Waals surface area contributed by atoms with Crippen molar-refractivity contribution < 1.29 is 18.9 Å². The molecule has 168 valence electrons. The molecule has 1 aromatic heterocycles. The Kier molecular flexibility index (Phi) is 8.32. The average molecular weight is 497 g/mol. The largest absolute Gasteiger partial charge is 0.492 e. The standard InChI is InChI=1S/C20H18Cl2N4O5S/c1-12-4-6-14(26(28)29)10-16(12)23-18(27)11-32-20-25-24-19(31-20)3-2-8-30-17-7-5-13(21)9-15(17)22/h4-7,9-10H,2-3,8,11H2,1H3,(H,23,27). The van der Waals surface area contributed by atoms with E-state index >= 15 is 0 Å². The van der Waals surface area contributed by atoms with Gasteiger partial charge in [0.15, 0.2) is 0 Å². The number of carbonyl (C=O) groups excluding carboxylic acids is 1. The number of halogens is 2. The molecule has 0 aliphatic carbocycles. The molecule has 9 nitrogen and oxygen atoms in total. The second kappa shape index (κ2) is 11.2. The maximum atomic E-state index is 12.2. The predicted octanol–water partition coefficient (Wildman–Crippen LogP) is 5.34. The van der Waals surface area contributed by atoms with Crippen LogP contribution >= 0.6 is 35.0 Å². The van der Waals surface area contributed by atoms with Gasteiger partial charge in [0, 0.05) is 23.6 Å². The predicted molar refractivity (Wildman–Crippen MR) is 122 cm³/mol. The molecule has 3 aromatic rings. The van der Waals surface area contributed by atoms with Crippen LogP contribution in [0.4, 0.5) is 11.4 Å². The van der Waals surface area contributed by atoms with Gasteiger partial charge in [0.2, 0.25) is 11.8 Å². The van der Waals surface area contributed by atoms with Gasteiger partial charge in [0.25, 0.3) is 10.9 Å². The monoisotopic (exact) mass is 496 g/mol. The molecule has 1 amide bonds. The lowest BCUT2D eigenvalue weighted by Gasteiger charge is -2.07. The van der Waals surface area contributed by atoms with Gasteiger partial charge in [-0.3, -0.25) is 14.9 Å². The number of carbonyl (C=O) groups is 1. The molecule has 2 aromatic carbocycles. The Morgan fingerprint density at radius 3 is 2.81 bits per heavy atom. The molecule has 32 heavy (non-hydrogen) atoms. The van der Waals surface area contributed by atoms with E-state index in [1.54, 1.807) is 31.2 Å². The summed E-state index contributed by atoms with van der Waals surface area (Å²) in [6.07, 6.45) is 1.12. The van der Waals surface area contributed by atoms with Gasteiger partial charge in [0.1, 0.15) is 5.75 Å². The fourth-order valence-corrected chi connectivity index (χ4v) is 3.61. The van der Waals surface area contributed by atoms with E-state index in [2.05, 4.69) is 15.5 Å². The Balaban J connectivity index is 1.42. The van der Waals surface area contributed by atoms with Crippen LogP contribution in [0.2, 0.25) is 10.0 Å². The van der Waals surface area contributed by atoms with Crippen molar-refractivity contribution in [1.29, 1.82) is 0 Å². The molecule has 0 bridgehead atoms. The molecule has 0 aliphatic rings. The Bertz CT molecular complexity index is 1130. The summed E-state index contributed by atoms with van der Waals surface area (Å²) >= 11 is 13.0. The van der Waals surface area contributed by atoms with Crippen LogP contribution in [0.3, 0.4) is 0 Å². The zero-order chi connectivity index (χ0) is 23.1. The van der Waals surface area contributed by atoms with Gasteiger partial charge in [-0.25, -0.2) is 0 Å². The van der Waals surface area contributed by atoms with Crippen molar-refractivity contribution >= 4 is 52.2 Å². The lowest BCUT2D eigenvalue weighted by molar-refractivity contribution is -0.384. The van der Waals surface area contributed by atoms with E-state index in [0.717, 1.165) is 17.3 Å². The van der Waals surface area contributed by atoms with Crippen molar-refractivity contribution in [3.8, 4) is 5.75 Å². The molecule has 1 heterocycles. The summed E-state index contributed by atoms with van der Waals surface area (Å²) in [6.45, 7) is 2.15. The summed E-state index contributed by atoms with van der Waals surface area (Å²) in [4.78, 5) is 22.6. The number of nitro groups is 1. The summed E-state index contributed by atoms with van der Waals surface area (Å²) in [6, 6.07) is 9.29. The summed E-state index contributed by atoms with van der Waals surface area (Å²) < 4.78 is 11.1. The lowest BCUT2D eigenvalue weighted by atomic mass is 10.2. The highest BCUT2D eigenvalue weighted by atomic mass is 35.5. The molecule has 0 atom stereocenters. The van der Waals surface area contributed by atoms with E-state index in [1.165, 1.54) is 12.1 Å². The minimum absolute atomic E-state index is 0.0158. The van der Waals surface area contributed by atoms with Crippen molar-refractivity contribution in [1.82, 2.24) is 10.2 Å². The number of non-ortho nitro benzene ring substituents is 1. The van der Waals surface area contributed by atoms with E-state index in [4.69, 9.17) is 32.4 Å². The molecule has 12 heteroatoms. The van der Waals surface area contributed by atoms with E-state index in [9.17, 15) is 14.9 Å². The summed E-state index contributed by atoms with van der Waals surface area (Å²) in [5, 5.41) is 22.7. The number of hydrogen-bond donors (Lipinski definition) is 1. The molecule has 3 rings (SSSR count). The van der Waals surface area contributed by atoms with E-state index < -0.39 is 4.92 Å². The number of amides is 1. The number of benzene rings is 2. The fraction of sp³-hybridized carbons (Fsp3) is 0.250. The number of anilines is 1. The number of ether oxygens (including phenoxy) is 1. The number of aromatic nitrogens is 2. The van der Waals surface area contributed by atoms with Gasteiger partial charge in [-0.05, 0) is 37.1 Å². The van der Waals surface area contributed by atoms with Crippen LogP contribution in [0, 0.1) is 17.0 Å². The van der Waals surface area contributed by atoms with Crippen LogP contribution in [0.1, 0.15) is 17.9 Å². The molecule has 0 aliphatic heterocycles. The first kappa shape index (κ1) is 23.8. The number of nitrogens with one attached hydrogen (secondary N) is 1. The first-order chi connectivity index (χ1) is 15.3. The van der Waals surface area contributed by atoms with Crippen molar-refractivity contribution in [2.24, 2.45) is 0 Å². The van der Waals surface area contributed by atoms with Gasteiger partial charge in [-0.1, -0.05) is 41.0 Å². The van der Waals surface area contributed by atoms with Gasteiger partial charge >= 0.3 is 0 Å². The highest BCUT2D eigenvalue weighted by molar-refractivity contribution is 7.99. The number of hydrogen-bond acceptors (Lipinski definition) is 8. The second-order valence-electron chi connectivity index (χ2n) is 6.58. The number of aryl methyl sites for hydroxylation is 2. The molecule has 0 saturated carbocycles. The smallest absolute Gasteiger partial charge is 0.277 e. The van der Waals surface area contributed by atoms with Gasteiger partial charge in [0.05, 0.1) is 28.0 Å². The van der Waals surface area contributed by atoms with Gasteiger partial charge in [-0.15, -0.1) is 10.2 Å². The summed E-state index contributed by atoms with van der Waals surface area (Å²) in [5.41, 5.74) is 1.01. The zero-order valence-electron chi connectivity index (χ0n) is 16.8. The molecule has 0 spiro atoms. The van der Waals surface area contributed by atoms with E-state index in [-0.39, 0.29) is 22.6 Å². The molecule has 0 radical (unpaired) electrons. The van der Waals surface area contributed by atoms with Gasteiger partial charge in [-0.2, -0.15) is 0 Å².